The molecule has 28 heavy (non-hydrogen) atoms. The fraction of sp³-hybridized carbons (Fsp3) is 0.478. The van der Waals surface area contributed by atoms with Crippen LogP contribution in [0.4, 0.5) is 0 Å². The molecule has 5 nitrogen and oxygen atoms in total. The van der Waals surface area contributed by atoms with Crippen LogP contribution in [0.1, 0.15) is 24.0 Å². The van der Waals surface area contributed by atoms with Gasteiger partial charge in [0, 0.05) is 25.7 Å². The highest BCUT2D eigenvalue weighted by Gasteiger charge is 2.46. The highest BCUT2D eigenvalue weighted by atomic mass is 16.5. The number of benzene rings is 2. The van der Waals surface area contributed by atoms with Gasteiger partial charge in [0.15, 0.2) is 0 Å². The molecule has 2 fully saturated rings. The zero-order chi connectivity index (χ0) is 19.4. The van der Waals surface area contributed by atoms with Gasteiger partial charge in [-0.15, -0.1) is 0 Å². The number of ether oxygens (including phenoxy) is 3. The molecule has 2 atom stereocenters. The minimum atomic E-state index is -0.822. The Kier molecular flexibility index (Phi) is 5.97. The van der Waals surface area contributed by atoms with Gasteiger partial charge in [-0.05, 0) is 36.1 Å². The third-order valence-corrected chi connectivity index (χ3v) is 5.86. The summed E-state index contributed by atoms with van der Waals surface area (Å²) in [4.78, 5) is 2.51. The molecule has 2 bridgehead atoms. The van der Waals surface area contributed by atoms with Crippen LogP contribution in [0.5, 0.6) is 5.75 Å². The van der Waals surface area contributed by atoms with Crippen molar-refractivity contribution in [3.63, 3.8) is 0 Å². The van der Waals surface area contributed by atoms with Gasteiger partial charge in [0.2, 0.25) is 0 Å². The maximum Gasteiger partial charge on any atom is 0.119 e. The van der Waals surface area contributed by atoms with E-state index in [0.29, 0.717) is 39.3 Å². The summed E-state index contributed by atoms with van der Waals surface area (Å²) in [5.74, 6) is 0.800. The van der Waals surface area contributed by atoms with Crippen molar-refractivity contribution in [2.45, 2.75) is 37.1 Å². The van der Waals surface area contributed by atoms with Gasteiger partial charge in [-0.3, -0.25) is 4.90 Å². The summed E-state index contributed by atoms with van der Waals surface area (Å²) in [5, 5.41) is 11.5. The maximum atomic E-state index is 11.5. The van der Waals surface area contributed by atoms with Gasteiger partial charge in [-0.2, -0.15) is 0 Å². The zero-order valence-corrected chi connectivity index (χ0v) is 16.4. The van der Waals surface area contributed by atoms with Gasteiger partial charge in [-0.25, -0.2) is 0 Å². The summed E-state index contributed by atoms with van der Waals surface area (Å²) in [6.45, 7) is 3.33. The van der Waals surface area contributed by atoms with E-state index in [1.54, 1.807) is 7.11 Å². The molecule has 0 amide bonds. The lowest BCUT2D eigenvalue weighted by molar-refractivity contribution is -0.149. The number of piperidine rings is 1. The number of fused-ring (bicyclic) bond motifs is 2. The molecule has 1 N–H and O–H groups in total. The van der Waals surface area contributed by atoms with E-state index in [2.05, 4.69) is 29.2 Å². The van der Waals surface area contributed by atoms with E-state index >= 15 is 0 Å². The van der Waals surface area contributed by atoms with Crippen LogP contribution in [0.2, 0.25) is 0 Å². The quantitative estimate of drug-likeness (QED) is 0.745. The first-order valence-electron chi connectivity index (χ1n) is 10.00. The van der Waals surface area contributed by atoms with Gasteiger partial charge in [-0.1, -0.05) is 42.5 Å². The summed E-state index contributed by atoms with van der Waals surface area (Å²) in [6.07, 6.45) is 1.36. The first kappa shape index (κ1) is 19.4. The minimum Gasteiger partial charge on any atom is -0.491 e. The van der Waals surface area contributed by atoms with Crippen LogP contribution in [0.3, 0.4) is 0 Å². The fourth-order valence-corrected chi connectivity index (χ4v) is 4.44. The Hall–Kier alpha value is -1.92. The molecule has 0 spiro atoms. The predicted molar refractivity (Wildman–Crippen MR) is 107 cm³/mol. The van der Waals surface area contributed by atoms with Gasteiger partial charge < -0.3 is 19.3 Å². The summed E-state index contributed by atoms with van der Waals surface area (Å²) in [5.41, 5.74) is 1.45. The molecule has 0 aromatic heterocycles. The van der Waals surface area contributed by atoms with Crippen molar-refractivity contribution >= 4 is 0 Å². The van der Waals surface area contributed by atoms with Crippen LogP contribution < -0.4 is 4.74 Å². The van der Waals surface area contributed by atoms with Gasteiger partial charge in [0.05, 0.1) is 25.4 Å². The normalized spacial score (nSPS) is 27.5. The Morgan fingerprint density at radius 3 is 2.32 bits per heavy atom. The Balaban J connectivity index is 1.46. The van der Waals surface area contributed by atoms with Crippen molar-refractivity contribution < 1.29 is 19.3 Å². The molecule has 2 saturated heterocycles. The fourth-order valence-electron chi connectivity index (χ4n) is 4.44. The van der Waals surface area contributed by atoms with Crippen LogP contribution in [0, 0.1) is 0 Å². The second-order valence-corrected chi connectivity index (χ2v) is 7.81. The number of hydrogen-bond acceptors (Lipinski definition) is 5. The third-order valence-electron chi connectivity index (χ3n) is 5.86. The minimum absolute atomic E-state index is 0.218. The monoisotopic (exact) mass is 383 g/mol. The largest absolute Gasteiger partial charge is 0.491 e. The van der Waals surface area contributed by atoms with E-state index in [4.69, 9.17) is 14.2 Å². The molecule has 0 aliphatic carbocycles. The Morgan fingerprint density at radius 2 is 1.68 bits per heavy atom. The molecule has 5 heteroatoms. The number of hydrogen-bond donors (Lipinski definition) is 1. The Labute approximate surface area is 166 Å². The average molecular weight is 383 g/mol. The summed E-state index contributed by atoms with van der Waals surface area (Å²) < 4.78 is 16.5. The molecule has 2 aromatic rings. The van der Waals surface area contributed by atoms with Crippen molar-refractivity contribution in [2.75, 3.05) is 33.5 Å². The zero-order valence-electron chi connectivity index (χ0n) is 16.4. The third kappa shape index (κ3) is 4.23. The summed E-state index contributed by atoms with van der Waals surface area (Å²) in [7, 11) is 1.66. The molecular formula is C23H29NO4. The van der Waals surface area contributed by atoms with E-state index in [1.165, 1.54) is 5.56 Å². The predicted octanol–water partition coefficient (Wildman–Crippen LogP) is 2.96. The molecule has 2 unspecified atom stereocenters. The molecule has 2 aromatic carbocycles. The first-order chi connectivity index (χ1) is 13.7. The van der Waals surface area contributed by atoms with Gasteiger partial charge in [0.1, 0.15) is 12.4 Å². The van der Waals surface area contributed by atoms with Crippen molar-refractivity contribution in [3.05, 3.63) is 65.7 Å². The second kappa shape index (κ2) is 8.62. The van der Waals surface area contributed by atoms with Gasteiger partial charge in [0.25, 0.3) is 0 Å². The highest BCUT2D eigenvalue weighted by Crippen LogP contribution is 2.41. The highest BCUT2D eigenvalue weighted by molar-refractivity contribution is 5.32. The van der Waals surface area contributed by atoms with E-state index in [0.717, 1.165) is 17.9 Å². The number of methoxy groups -OCH3 is 1. The number of aliphatic hydroxyl groups is 1. The van der Waals surface area contributed by atoms with E-state index in [9.17, 15) is 5.11 Å². The number of morpholine rings is 1. The molecule has 0 saturated carbocycles. The van der Waals surface area contributed by atoms with E-state index in [-0.39, 0.29) is 12.1 Å². The molecule has 2 aliphatic heterocycles. The van der Waals surface area contributed by atoms with Crippen LogP contribution in [-0.2, 0) is 21.6 Å². The Bertz CT molecular complexity index is 735. The van der Waals surface area contributed by atoms with Crippen LogP contribution in [-0.4, -0.2) is 55.6 Å². The lowest BCUT2D eigenvalue weighted by Gasteiger charge is -2.52. The van der Waals surface area contributed by atoms with E-state index < -0.39 is 5.60 Å². The average Bonchev–Trinajstić information content (AvgIpc) is 2.70. The standard InChI is InChI=1S/C23H29NO4/c1-26-11-12-28-22-9-7-19(8-10-22)23(25)13-20-16-27-17-21(14-23)24(20)15-18-5-3-2-4-6-18/h2-10,20-21,25H,11-17H2,1H3. The Morgan fingerprint density at radius 1 is 1.00 bits per heavy atom. The topological polar surface area (TPSA) is 51.2 Å². The first-order valence-corrected chi connectivity index (χ1v) is 10.00. The van der Waals surface area contributed by atoms with Crippen LogP contribution in [0.25, 0.3) is 0 Å². The lowest BCUT2D eigenvalue weighted by Crippen LogP contribution is -2.60. The molecule has 150 valence electrons. The SMILES string of the molecule is COCCOc1ccc(C2(O)CC3COCC(C2)N3Cc2ccccc2)cc1. The summed E-state index contributed by atoms with van der Waals surface area (Å²) in [6, 6.07) is 18.8. The van der Waals surface area contributed by atoms with Crippen molar-refractivity contribution in [2.24, 2.45) is 0 Å². The number of rotatable bonds is 7. The maximum absolute atomic E-state index is 11.5. The van der Waals surface area contributed by atoms with Crippen LogP contribution in [0.15, 0.2) is 54.6 Å². The molecule has 2 heterocycles. The van der Waals surface area contributed by atoms with Crippen molar-refractivity contribution in [1.29, 1.82) is 0 Å². The molecule has 0 radical (unpaired) electrons. The van der Waals surface area contributed by atoms with Crippen molar-refractivity contribution in [1.82, 2.24) is 4.90 Å². The second-order valence-electron chi connectivity index (χ2n) is 7.81. The molecule has 4 rings (SSSR count). The summed E-state index contributed by atoms with van der Waals surface area (Å²) >= 11 is 0. The number of nitrogens with zero attached hydrogens (tertiary/aromatic N) is 1. The van der Waals surface area contributed by atoms with E-state index in [1.807, 2.05) is 30.3 Å². The lowest BCUT2D eigenvalue weighted by atomic mass is 9.76. The molecule has 2 aliphatic rings. The van der Waals surface area contributed by atoms with Gasteiger partial charge >= 0.3 is 0 Å². The van der Waals surface area contributed by atoms with Crippen LogP contribution >= 0.6 is 0 Å². The smallest absolute Gasteiger partial charge is 0.119 e. The molecular weight excluding hydrogens is 354 g/mol. The van der Waals surface area contributed by atoms with Crippen molar-refractivity contribution in [3.8, 4) is 5.75 Å².